The lowest BCUT2D eigenvalue weighted by atomic mass is 10.1. The van der Waals surface area contributed by atoms with Gasteiger partial charge in [0.15, 0.2) is 23.0 Å². The standard InChI is InChI=1S/C22H27F2NO5/c1-4-12-29-18-9-7-16(14-19(18)28-5-2)21(26)25-11-10-15-6-8-17(27-3)20(13-15)30-22(23)24/h6-9,13-14,22H,4-5,10-12H2,1-3H3,(H,25,26). The van der Waals surface area contributed by atoms with Crippen molar-refractivity contribution in [2.75, 3.05) is 26.9 Å². The van der Waals surface area contributed by atoms with E-state index in [-0.39, 0.29) is 17.4 Å². The van der Waals surface area contributed by atoms with E-state index in [1.54, 1.807) is 30.3 Å². The van der Waals surface area contributed by atoms with E-state index in [1.807, 2.05) is 13.8 Å². The van der Waals surface area contributed by atoms with Gasteiger partial charge in [-0.25, -0.2) is 0 Å². The molecule has 0 bridgehead atoms. The highest BCUT2D eigenvalue weighted by molar-refractivity contribution is 5.94. The third kappa shape index (κ3) is 6.79. The molecule has 164 valence electrons. The fraction of sp³-hybridized carbons (Fsp3) is 0.409. The third-order valence-electron chi connectivity index (χ3n) is 4.11. The number of hydrogen-bond donors (Lipinski definition) is 1. The highest BCUT2D eigenvalue weighted by atomic mass is 19.3. The molecule has 0 radical (unpaired) electrons. The first-order valence-corrected chi connectivity index (χ1v) is 9.78. The van der Waals surface area contributed by atoms with Crippen LogP contribution in [-0.4, -0.2) is 39.4 Å². The normalized spacial score (nSPS) is 10.6. The first-order valence-electron chi connectivity index (χ1n) is 9.78. The van der Waals surface area contributed by atoms with Gasteiger partial charge in [0, 0.05) is 12.1 Å². The summed E-state index contributed by atoms with van der Waals surface area (Å²) in [5.74, 6) is 1.02. The van der Waals surface area contributed by atoms with E-state index in [0.717, 1.165) is 12.0 Å². The van der Waals surface area contributed by atoms with Crippen LogP contribution in [0.1, 0.15) is 36.2 Å². The molecule has 2 aromatic rings. The number of benzene rings is 2. The highest BCUT2D eigenvalue weighted by Crippen LogP contribution is 2.30. The molecule has 0 fully saturated rings. The number of alkyl halides is 2. The summed E-state index contributed by atoms with van der Waals surface area (Å²) in [4.78, 5) is 12.5. The Morgan fingerprint density at radius 1 is 1.00 bits per heavy atom. The van der Waals surface area contributed by atoms with Crippen molar-refractivity contribution in [2.45, 2.75) is 33.3 Å². The van der Waals surface area contributed by atoms with E-state index >= 15 is 0 Å². The predicted molar refractivity (Wildman–Crippen MR) is 109 cm³/mol. The summed E-state index contributed by atoms with van der Waals surface area (Å²) in [6.45, 7) is 2.25. The Kier molecular flexibility index (Phi) is 9.18. The van der Waals surface area contributed by atoms with Crippen molar-refractivity contribution in [3.63, 3.8) is 0 Å². The van der Waals surface area contributed by atoms with Crippen molar-refractivity contribution in [3.8, 4) is 23.0 Å². The van der Waals surface area contributed by atoms with Gasteiger partial charge in [0.2, 0.25) is 0 Å². The minimum absolute atomic E-state index is 0.0413. The Hall–Kier alpha value is -3.03. The lowest BCUT2D eigenvalue weighted by Crippen LogP contribution is -2.25. The van der Waals surface area contributed by atoms with E-state index in [1.165, 1.54) is 13.2 Å². The minimum Gasteiger partial charge on any atom is -0.493 e. The van der Waals surface area contributed by atoms with Crippen LogP contribution >= 0.6 is 0 Å². The Labute approximate surface area is 175 Å². The summed E-state index contributed by atoms with van der Waals surface area (Å²) in [6.07, 6.45) is 1.30. The number of ether oxygens (including phenoxy) is 4. The summed E-state index contributed by atoms with van der Waals surface area (Å²) in [6, 6.07) is 9.79. The maximum Gasteiger partial charge on any atom is 0.387 e. The van der Waals surface area contributed by atoms with Gasteiger partial charge >= 0.3 is 6.61 Å². The van der Waals surface area contributed by atoms with Crippen LogP contribution in [0.2, 0.25) is 0 Å². The predicted octanol–water partition coefficient (Wildman–Crippen LogP) is 4.46. The average molecular weight is 423 g/mol. The minimum atomic E-state index is -2.95. The summed E-state index contributed by atoms with van der Waals surface area (Å²) in [7, 11) is 1.38. The van der Waals surface area contributed by atoms with E-state index < -0.39 is 6.61 Å². The third-order valence-corrected chi connectivity index (χ3v) is 4.11. The molecule has 0 spiro atoms. The molecule has 0 aliphatic carbocycles. The van der Waals surface area contributed by atoms with E-state index in [2.05, 4.69) is 10.1 Å². The summed E-state index contributed by atoms with van der Waals surface area (Å²) < 4.78 is 45.8. The van der Waals surface area contributed by atoms with Crippen molar-refractivity contribution >= 4 is 5.91 Å². The average Bonchev–Trinajstić information content (AvgIpc) is 2.72. The van der Waals surface area contributed by atoms with Gasteiger partial charge in [-0.15, -0.1) is 0 Å². The second kappa shape index (κ2) is 11.8. The molecule has 6 nitrogen and oxygen atoms in total. The molecule has 1 amide bonds. The molecular formula is C22H27F2NO5. The number of nitrogens with one attached hydrogen (secondary N) is 1. The van der Waals surface area contributed by atoms with Gasteiger partial charge < -0.3 is 24.3 Å². The molecule has 0 saturated carbocycles. The van der Waals surface area contributed by atoms with Gasteiger partial charge in [-0.05, 0) is 55.7 Å². The van der Waals surface area contributed by atoms with Crippen LogP contribution in [-0.2, 0) is 6.42 Å². The lowest BCUT2D eigenvalue weighted by molar-refractivity contribution is -0.0512. The van der Waals surface area contributed by atoms with E-state index in [0.29, 0.717) is 43.2 Å². The molecule has 8 heteroatoms. The monoisotopic (exact) mass is 423 g/mol. The second-order valence-electron chi connectivity index (χ2n) is 6.31. The summed E-state index contributed by atoms with van der Waals surface area (Å²) in [5.41, 5.74) is 1.17. The zero-order valence-electron chi connectivity index (χ0n) is 17.4. The van der Waals surface area contributed by atoms with Gasteiger partial charge in [0.05, 0.1) is 20.3 Å². The number of methoxy groups -OCH3 is 1. The molecule has 0 unspecified atom stereocenters. The van der Waals surface area contributed by atoms with Crippen molar-refractivity contribution in [1.82, 2.24) is 5.32 Å². The number of rotatable bonds is 12. The maximum atomic E-state index is 12.5. The Balaban J connectivity index is 1.99. The summed E-state index contributed by atoms with van der Waals surface area (Å²) in [5, 5.41) is 2.81. The quantitative estimate of drug-likeness (QED) is 0.546. The van der Waals surface area contributed by atoms with Crippen LogP contribution in [0.5, 0.6) is 23.0 Å². The smallest absolute Gasteiger partial charge is 0.387 e. The number of carbonyl (C=O) groups excluding carboxylic acids is 1. The topological polar surface area (TPSA) is 66.0 Å². The van der Waals surface area contributed by atoms with Crippen LogP contribution in [0.3, 0.4) is 0 Å². The van der Waals surface area contributed by atoms with Gasteiger partial charge in [-0.1, -0.05) is 13.0 Å². The Bertz CT molecular complexity index is 829. The summed E-state index contributed by atoms with van der Waals surface area (Å²) >= 11 is 0. The molecule has 1 N–H and O–H groups in total. The van der Waals surface area contributed by atoms with E-state index in [9.17, 15) is 13.6 Å². The van der Waals surface area contributed by atoms with Gasteiger partial charge in [0.25, 0.3) is 5.91 Å². The second-order valence-corrected chi connectivity index (χ2v) is 6.31. The lowest BCUT2D eigenvalue weighted by Gasteiger charge is -2.13. The van der Waals surface area contributed by atoms with Crippen molar-refractivity contribution in [3.05, 3.63) is 47.5 Å². The zero-order chi connectivity index (χ0) is 21.9. The number of hydrogen-bond acceptors (Lipinski definition) is 5. The molecule has 0 aromatic heterocycles. The molecule has 30 heavy (non-hydrogen) atoms. The molecule has 0 aliphatic heterocycles. The van der Waals surface area contributed by atoms with Crippen molar-refractivity contribution < 1.29 is 32.5 Å². The fourth-order valence-corrected chi connectivity index (χ4v) is 2.74. The van der Waals surface area contributed by atoms with Crippen LogP contribution in [0.4, 0.5) is 8.78 Å². The van der Waals surface area contributed by atoms with Gasteiger partial charge in [-0.3, -0.25) is 4.79 Å². The van der Waals surface area contributed by atoms with Crippen LogP contribution < -0.4 is 24.3 Å². The first kappa shape index (κ1) is 23.3. The fourth-order valence-electron chi connectivity index (χ4n) is 2.74. The SMILES string of the molecule is CCCOc1ccc(C(=O)NCCc2ccc(OC)c(OC(F)F)c2)cc1OCC. The zero-order valence-corrected chi connectivity index (χ0v) is 17.4. The largest absolute Gasteiger partial charge is 0.493 e. The molecule has 0 atom stereocenters. The Morgan fingerprint density at radius 3 is 2.43 bits per heavy atom. The molecular weight excluding hydrogens is 396 g/mol. The molecule has 0 heterocycles. The maximum absolute atomic E-state index is 12.5. The van der Waals surface area contributed by atoms with Gasteiger partial charge in [0.1, 0.15) is 0 Å². The number of halogens is 2. The molecule has 0 saturated heterocycles. The molecule has 0 aliphatic rings. The van der Waals surface area contributed by atoms with Crippen LogP contribution in [0.15, 0.2) is 36.4 Å². The van der Waals surface area contributed by atoms with Crippen LogP contribution in [0.25, 0.3) is 0 Å². The Morgan fingerprint density at radius 2 is 1.77 bits per heavy atom. The highest BCUT2D eigenvalue weighted by Gasteiger charge is 2.13. The van der Waals surface area contributed by atoms with Crippen molar-refractivity contribution in [2.24, 2.45) is 0 Å². The van der Waals surface area contributed by atoms with Crippen LogP contribution in [0, 0.1) is 0 Å². The number of amides is 1. The van der Waals surface area contributed by atoms with Crippen molar-refractivity contribution in [1.29, 1.82) is 0 Å². The number of carbonyl (C=O) groups is 1. The van der Waals surface area contributed by atoms with E-state index in [4.69, 9.17) is 14.2 Å². The molecule has 2 rings (SSSR count). The first-order chi connectivity index (χ1) is 14.5. The van der Waals surface area contributed by atoms with Gasteiger partial charge in [-0.2, -0.15) is 8.78 Å². The molecule has 2 aromatic carbocycles.